The van der Waals surface area contributed by atoms with Crippen LogP contribution in [0.5, 0.6) is 0 Å². The molecule has 0 unspecified atom stereocenters. The first kappa shape index (κ1) is 10.5. The molecule has 2 aromatic heterocycles. The minimum absolute atomic E-state index is 0.860. The van der Waals surface area contributed by atoms with Crippen LogP contribution in [0.2, 0.25) is 0 Å². The number of pyridine rings is 1. The molecule has 3 rings (SSSR count). The van der Waals surface area contributed by atoms with E-state index in [-0.39, 0.29) is 0 Å². The van der Waals surface area contributed by atoms with Gasteiger partial charge in [0.2, 0.25) is 0 Å². The summed E-state index contributed by atoms with van der Waals surface area (Å²) in [6.07, 6.45) is 5.82. The molecule has 0 bridgehead atoms. The van der Waals surface area contributed by atoms with E-state index in [1.807, 2.05) is 12.3 Å². The number of hydrogen-bond donors (Lipinski definition) is 0. The van der Waals surface area contributed by atoms with Crippen LogP contribution in [0, 0.1) is 0 Å². The van der Waals surface area contributed by atoms with Crippen LogP contribution in [0.25, 0.3) is 10.9 Å². The topological polar surface area (TPSA) is 17.8 Å². The van der Waals surface area contributed by atoms with Crippen molar-refractivity contribution in [3.63, 3.8) is 0 Å². The summed E-state index contributed by atoms with van der Waals surface area (Å²) >= 11 is 3.49. The van der Waals surface area contributed by atoms with Gasteiger partial charge in [-0.1, -0.05) is 22.0 Å². The predicted molar refractivity (Wildman–Crippen MR) is 73.0 cm³/mol. The lowest BCUT2D eigenvalue weighted by Crippen LogP contribution is -1.97. The Morgan fingerprint density at radius 1 is 1.18 bits per heavy atom. The molecular weight excluding hydrogens is 276 g/mol. The number of nitrogens with zero attached hydrogens (tertiary/aromatic N) is 2. The van der Waals surface area contributed by atoms with E-state index in [0.717, 1.165) is 11.0 Å². The van der Waals surface area contributed by atoms with Crippen LogP contribution >= 0.6 is 15.9 Å². The van der Waals surface area contributed by atoms with E-state index in [1.54, 1.807) is 6.20 Å². The molecule has 0 aliphatic carbocycles. The summed E-state index contributed by atoms with van der Waals surface area (Å²) in [6, 6.07) is 12.5. The van der Waals surface area contributed by atoms with Crippen molar-refractivity contribution in [1.82, 2.24) is 9.55 Å². The zero-order chi connectivity index (χ0) is 11.7. The van der Waals surface area contributed by atoms with Gasteiger partial charge in [-0.3, -0.25) is 4.98 Å². The van der Waals surface area contributed by atoms with Gasteiger partial charge in [0.05, 0.1) is 0 Å². The van der Waals surface area contributed by atoms with Crippen LogP contribution in [0.15, 0.2) is 59.5 Å². The highest BCUT2D eigenvalue weighted by Gasteiger charge is 2.02. The summed E-state index contributed by atoms with van der Waals surface area (Å²) in [7, 11) is 0. The Balaban J connectivity index is 2.01. The second-order valence-corrected chi connectivity index (χ2v) is 4.92. The lowest BCUT2D eigenvalue weighted by atomic mass is 10.2. The Hall–Kier alpha value is -1.61. The van der Waals surface area contributed by atoms with Crippen molar-refractivity contribution in [2.24, 2.45) is 0 Å². The third kappa shape index (κ3) is 2.11. The van der Waals surface area contributed by atoms with Gasteiger partial charge < -0.3 is 4.57 Å². The number of rotatable bonds is 2. The molecule has 3 aromatic rings. The number of fused-ring (bicyclic) bond motifs is 1. The van der Waals surface area contributed by atoms with Crippen molar-refractivity contribution in [1.29, 1.82) is 0 Å². The molecule has 0 amide bonds. The number of aromatic nitrogens is 2. The molecular formula is C14H11BrN2. The maximum atomic E-state index is 4.14. The molecule has 0 radical (unpaired) electrons. The lowest BCUT2D eigenvalue weighted by Gasteiger charge is -2.05. The van der Waals surface area contributed by atoms with E-state index < -0.39 is 0 Å². The first-order chi connectivity index (χ1) is 8.33. The van der Waals surface area contributed by atoms with E-state index in [1.165, 1.54) is 16.5 Å². The van der Waals surface area contributed by atoms with Gasteiger partial charge in [-0.05, 0) is 35.9 Å². The highest BCUT2D eigenvalue weighted by molar-refractivity contribution is 9.10. The van der Waals surface area contributed by atoms with E-state index in [9.17, 15) is 0 Å². The van der Waals surface area contributed by atoms with Crippen molar-refractivity contribution in [2.75, 3.05) is 0 Å². The first-order valence-electron chi connectivity index (χ1n) is 5.46. The van der Waals surface area contributed by atoms with E-state index in [4.69, 9.17) is 0 Å². The SMILES string of the molecule is Brc1ccc2c(ccn2Cc2cccnc2)c1. The highest BCUT2D eigenvalue weighted by atomic mass is 79.9. The summed E-state index contributed by atoms with van der Waals surface area (Å²) in [5, 5.41) is 1.25. The molecule has 0 atom stereocenters. The third-order valence-electron chi connectivity index (χ3n) is 2.81. The van der Waals surface area contributed by atoms with Gasteiger partial charge in [0, 0.05) is 40.5 Å². The van der Waals surface area contributed by atoms with E-state index in [0.29, 0.717) is 0 Å². The zero-order valence-electron chi connectivity index (χ0n) is 9.18. The molecule has 0 aliphatic heterocycles. The van der Waals surface area contributed by atoms with E-state index in [2.05, 4.69) is 62.0 Å². The highest BCUT2D eigenvalue weighted by Crippen LogP contribution is 2.21. The van der Waals surface area contributed by atoms with Gasteiger partial charge in [0.25, 0.3) is 0 Å². The van der Waals surface area contributed by atoms with Gasteiger partial charge in [-0.2, -0.15) is 0 Å². The van der Waals surface area contributed by atoms with Gasteiger partial charge in [0.1, 0.15) is 0 Å². The quantitative estimate of drug-likeness (QED) is 0.700. The van der Waals surface area contributed by atoms with Crippen molar-refractivity contribution >= 4 is 26.8 Å². The summed E-state index contributed by atoms with van der Waals surface area (Å²) in [6.45, 7) is 0.860. The molecule has 17 heavy (non-hydrogen) atoms. The molecule has 84 valence electrons. The predicted octanol–water partition coefficient (Wildman–Crippen LogP) is 3.85. The van der Waals surface area contributed by atoms with Gasteiger partial charge in [0.15, 0.2) is 0 Å². The standard InChI is InChI=1S/C14H11BrN2/c15-13-3-4-14-12(8-13)5-7-17(14)10-11-2-1-6-16-9-11/h1-9H,10H2. The fourth-order valence-corrected chi connectivity index (χ4v) is 2.38. The molecule has 0 N–H and O–H groups in total. The van der Waals surface area contributed by atoms with Crippen molar-refractivity contribution in [3.8, 4) is 0 Å². The van der Waals surface area contributed by atoms with Crippen LogP contribution in [0.1, 0.15) is 5.56 Å². The Labute approximate surface area is 108 Å². The summed E-state index contributed by atoms with van der Waals surface area (Å²) in [4.78, 5) is 4.14. The van der Waals surface area contributed by atoms with Crippen LogP contribution in [-0.2, 0) is 6.54 Å². The number of halogens is 1. The van der Waals surface area contributed by atoms with Crippen LogP contribution < -0.4 is 0 Å². The smallest absolute Gasteiger partial charge is 0.0491 e. The number of benzene rings is 1. The van der Waals surface area contributed by atoms with E-state index >= 15 is 0 Å². The average molecular weight is 287 g/mol. The molecule has 0 saturated heterocycles. The Kier molecular flexibility index (Phi) is 2.69. The van der Waals surface area contributed by atoms with Crippen LogP contribution in [-0.4, -0.2) is 9.55 Å². The average Bonchev–Trinajstić information content (AvgIpc) is 2.73. The molecule has 0 fully saturated rings. The second kappa shape index (κ2) is 4.34. The van der Waals surface area contributed by atoms with Crippen molar-refractivity contribution < 1.29 is 0 Å². The second-order valence-electron chi connectivity index (χ2n) is 4.01. The van der Waals surface area contributed by atoms with Gasteiger partial charge >= 0.3 is 0 Å². The monoisotopic (exact) mass is 286 g/mol. The maximum absolute atomic E-state index is 4.14. The molecule has 0 spiro atoms. The Morgan fingerprint density at radius 2 is 2.12 bits per heavy atom. The minimum atomic E-state index is 0.860. The fraction of sp³-hybridized carbons (Fsp3) is 0.0714. The summed E-state index contributed by atoms with van der Waals surface area (Å²) < 4.78 is 3.35. The third-order valence-corrected chi connectivity index (χ3v) is 3.30. The van der Waals surface area contributed by atoms with Crippen molar-refractivity contribution in [2.45, 2.75) is 6.54 Å². The normalized spacial score (nSPS) is 10.9. The van der Waals surface area contributed by atoms with Gasteiger partial charge in [-0.15, -0.1) is 0 Å². The molecule has 2 heterocycles. The first-order valence-corrected chi connectivity index (χ1v) is 6.25. The maximum Gasteiger partial charge on any atom is 0.0491 e. The molecule has 0 saturated carbocycles. The number of hydrogen-bond acceptors (Lipinski definition) is 1. The summed E-state index contributed by atoms with van der Waals surface area (Å²) in [5.41, 5.74) is 2.46. The largest absolute Gasteiger partial charge is 0.343 e. The van der Waals surface area contributed by atoms with Crippen LogP contribution in [0.4, 0.5) is 0 Å². The Bertz CT molecular complexity index is 644. The molecule has 3 heteroatoms. The molecule has 1 aromatic carbocycles. The Morgan fingerprint density at radius 3 is 2.94 bits per heavy atom. The minimum Gasteiger partial charge on any atom is -0.343 e. The van der Waals surface area contributed by atoms with Crippen LogP contribution in [0.3, 0.4) is 0 Å². The molecule has 0 aliphatic rings. The van der Waals surface area contributed by atoms with Crippen molar-refractivity contribution in [3.05, 3.63) is 65.0 Å². The fourth-order valence-electron chi connectivity index (χ4n) is 2.00. The lowest BCUT2D eigenvalue weighted by molar-refractivity contribution is 0.831. The van der Waals surface area contributed by atoms with Gasteiger partial charge in [-0.25, -0.2) is 0 Å². The molecule has 2 nitrogen and oxygen atoms in total. The summed E-state index contributed by atoms with van der Waals surface area (Å²) in [5.74, 6) is 0. The zero-order valence-corrected chi connectivity index (χ0v) is 10.8.